The number of aromatic hydroxyl groups is 1. The maximum absolute atomic E-state index is 12.3. The van der Waals surface area contributed by atoms with Gasteiger partial charge in [0.25, 0.3) is 12.1 Å². The molecule has 0 unspecified atom stereocenters. The third kappa shape index (κ3) is 2.03. The molecule has 8 heteroatoms. The van der Waals surface area contributed by atoms with Crippen LogP contribution in [0, 0.1) is 10.1 Å². The summed E-state index contributed by atoms with van der Waals surface area (Å²) in [5.41, 5.74) is -2.82. The molecule has 0 amide bonds. The van der Waals surface area contributed by atoms with E-state index in [2.05, 4.69) is 4.98 Å². The molecule has 0 saturated carbocycles. The van der Waals surface area contributed by atoms with Gasteiger partial charge in [-0.1, -0.05) is 0 Å². The Bertz CT molecular complexity index is 422. The van der Waals surface area contributed by atoms with Crippen LogP contribution in [0.3, 0.4) is 0 Å². The fourth-order valence-corrected chi connectivity index (χ4v) is 0.915. The van der Waals surface area contributed by atoms with E-state index in [1.165, 1.54) is 0 Å². The summed E-state index contributed by atoms with van der Waals surface area (Å²) in [6, 6.07) is 0.470. The lowest BCUT2D eigenvalue weighted by Crippen LogP contribution is -2.02. The van der Waals surface area contributed by atoms with Crippen LogP contribution < -0.4 is 0 Å². The minimum absolute atomic E-state index is 0.0327. The third-order valence-electron chi connectivity index (χ3n) is 1.55. The molecule has 0 fully saturated rings. The van der Waals surface area contributed by atoms with Gasteiger partial charge in [-0.25, -0.2) is 13.8 Å². The first-order valence-electron chi connectivity index (χ1n) is 3.59. The highest BCUT2D eigenvalue weighted by Gasteiger charge is 2.26. The predicted octanol–water partition coefficient (Wildman–Crippen LogP) is 1.45. The van der Waals surface area contributed by atoms with Crippen molar-refractivity contribution in [1.82, 2.24) is 4.98 Å². The summed E-state index contributed by atoms with van der Waals surface area (Å²) in [6.45, 7) is 0. The fourth-order valence-electron chi connectivity index (χ4n) is 0.915. The molecule has 0 atom stereocenters. The maximum atomic E-state index is 12.3. The topological polar surface area (TPSA) is 93.3 Å². The first-order valence-corrected chi connectivity index (χ1v) is 3.59. The molecular weight excluding hydrogens is 214 g/mol. The normalized spacial score (nSPS) is 10.3. The van der Waals surface area contributed by atoms with Crippen LogP contribution in [-0.2, 0) is 0 Å². The molecule has 1 rings (SSSR count). The van der Waals surface area contributed by atoms with Crippen molar-refractivity contribution in [2.24, 2.45) is 0 Å². The predicted molar refractivity (Wildman–Crippen MR) is 42.9 cm³/mol. The van der Waals surface area contributed by atoms with Crippen molar-refractivity contribution in [3.05, 3.63) is 27.6 Å². The highest BCUT2D eigenvalue weighted by molar-refractivity contribution is 5.77. The van der Waals surface area contributed by atoms with Crippen LogP contribution >= 0.6 is 0 Å². The zero-order valence-electron chi connectivity index (χ0n) is 7.05. The van der Waals surface area contributed by atoms with E-state index in [-0.39, 0.29) is 6.29 Å². The first-order chi connectivity index (χ1) is 6.97. The van der Waals surface area contributed by atoms with Gasteiger partial charge in [0, 0.05) is 0 Å². The van der Waals surface area contributed by atoms with Crippen molar-refractivity contribution in [1.29, 1.82) is 0 Å². The Balaban J connectivity index is 3.45. The van der Waals surface area contributed by atoms with Gasteiger partial charge in [-0.2, -0.15) is 0 Å². The summed E-state index contributed by atoms with van der Waals surface area (Å²) in [5, 5.41) is 19.3. The Morgan fingerprint density at radius 2 is 2.20 bits per heavy atom. The smallest absolute Gasteiger partial charge is 0.300 e. The van der Waals surface area contributed by atoms with Gasteiger partial charge < -0.3 is 5.11 Å². The second kappa shape index (κ2) is 3.95. The summed E-state index contributed by atoms with van der Waals surface area (Å²) >= 11 is 0. The maximum Gasteiger partial charge on any atom is 0.300 e. The molecule has 0 spiro atoms. The molecule has 0 bridgehead atoms. The summed E-state index contributed by atoms with van der Waals surface area (Å²) in [6.07, 6.45) is -3.16. The molecule has 0 aliphatic rings. The van der Waals surface area contributed by atoms with Crippen LogP contribution in [0.2, 0.25) is 0 Å². The monoisotopic (exact) mass is 218 g/mol. The van der Waals surface area contributed by atoms with Crippen LogP contribution in [0.4, 0.5) is 14.5 Å². The number of halogens is 2. The van der Waals surface area contributed by atoms with Crippen molar-refractivity contribution >= 4 is 12.0 Å². The third-order valence-corrected chi connectivity index (χ3v) is 1.55. The second-order valence-electron chi connectivity index (χ2n) is 2.47. The van der Waals surface area contributed by atoms with Crippen LogP contribution in [0.25, 0.3) is 0 Å². The standard InChI is InChI=1S/C7H4F2N2O4/c8-7(9)6-4(11(14)15)1-5(13)3(2-12)10-6/h1-2,7,13H. The zero-order chi connectivity index (χ0) is 11.6. The zero-order valence-corrected chi connectivity index (χ0v) is 7.05. The highest BCUT2D eigenvalue weighted by atomic mass is 19.3. The van der Waals surface area contributed by atoms with Crippen molar-refractivity contribution in [3.63, 3.8) is 0 Å². The van der Waals surface area contributed by atoms with Gasteiger partial charge in [0.2, 0.25) is 0 Å². The Morgan fingerprint density at radius 3 is 2.60 bits per heavy atom. The lowest BCUT2D eigenvalue weighted by Gasteiger charge is -2.02. The van der Waals surface area contributed by atoms with E-state index in [0.29, 0.717) is 6.07 Å². The van der Waals surface area contributed by atoms with Gasteiger partial charge in [-0.05, 0) is 0 Å². The molecule has 0 aliphatic carbocycles. The van der Waals surface area contributed by atoms with Gasteiger partial charge in [-0.3, -0.25) is 14.9 Å². The first kappa shape index (κ1) is 11.0. The molecular formula is C7H4F2N2O4. The molecule has 80 valence electrons. The second-order valence-corrected chi connectivity index (χ2v) is 2.47. The average molecular weight is 218 g/mol. The van der Waals surface area contributed by atoms with Gasteiger partial charge >= 0.3 is 0 Å². The molecule has 0 aromatic carbocycles. The molecule has 0 radical (unpaired) electrons. The molecule has 15 heavy (non-hydrogen) atoms. The van der Waals surface area contributed by atoms with Crippen LogP contribution in [0.5, 0.6) is 5.75 Å². The Kier molecular flexibility index (Phi) is 2.88. The number of nitrogens with zero attached hydrogens (tertiary/aromatic N) is 2. The Hall–Kier alpha value is -2.12. The molecule has 1 heterocycles. The van der Waals surface area contributed by atoms with E-state index in [9.17, 15) is 23.7 Å². The number of hydrogen-bond donors (Lipinski definition) is 1. The number of aromatic nitrogens is 1. The van der Waals surface area contributed by atoms with E-state index in [1.807, 2.05) is 0 Å². The number of nitro groups is 1. The molecule has 1 aromatic rings. The molecule has 0 saturated heterocycles. The highest BCUT2D eigenvalue weighted by Crippen LogP contribution is 2.30. The quantitative estimate of drug-likeness (QED) is 0.470. The van der Waals surface area contributed by atoms with Crippen molar-refractivity contribution < 1.29 is 23.6 Å². The van der Waals surface area contributed by atoms with Crippen molar-refractivity contribution in [2.75, 3.05) is 0 Å². The molecule has 6 nitrogen and oxygen atoms in total. The van der Waals surface area contributed by atoms with Gasteiger partial charge in [0.15, 0.2) is 17.7 Å². The lowest BCUT2D eigenvalue weighted by molar-refractivity contribution is -0.386. The number of alkyl halides is 2. The largest absolute Gasteiger partial charge is 0.505 e. The number of rotatable bonds is 3. The summed E-state index contributed by atoms with van der Waals surface area (Å²) in [5.74, 6) is -0.805. The lowest BCUT2D eigenvalue weighted by atomic mass is 10.2. The Labute approximate surface area is 81.3 Å². The van der Waals surface area contributed by atoms with Gasteiger partial charge in [0.05, 0.1) is 11.0 Å². The number of pyridine rings is 1. The number of hydrogen-bond acceptors (Lipinski definition) is 5. The van der Waals surface area contributed by atoms with Crippen LogP contribution in [-0.4, -0.2) is 21.3 Å². The van der Waals surface area contributed by atoms with Gasteiger partial charge in [-0.15, -0.1) is 0 Å². The van der Waals surface area contributed by atoms with Crippen LogP contribution in [0.1, 0.15) is 22.6 Å². The minimum atomic E-state index is -3.19. The van der Waals surface area contributed by atoms with E-state index >= 15 is 0 Å². The van der Waals surface area contributed by atoms with E-state index in [0.717, 1.165) is 0 Å². The molecule has 0 aliphatic heterocycles. The number of aldehydes is 1. The van der Waals surface area contributed by atoms with Crippen molar-refractivity contribution in [2.45, 2.75) is 6.43 Å². The van der Waals surface area contributed by atoms with Crippen molar-refractivity contribution in [3.8, 4) is 5.75 Å². The van der Waals surface area contributed by atoms with E-state index in [4.69, 9.17) is 5.11 Å². The average Bonchev–Trinajstić information content (AvgIpc) is 2.16. The fraction of sp³-hybridized carbons (Fsp3) is 0.143. The van der Waals surface area contributed by atoms with E-state index in [1.54, 1.807) is 0 Å². The Morgan fingerprint density at radius 1 is 1.60 bits per heavy atom. The minimum Gasteiger partial charge on any atom is -0.505 e. The molecule has 1 aromatic heterocycles. The summed E-state index contributed by atoms with van der Waals surface area (Å²) in [7, 11) is 0. The van der Waals surface area contributed by atoms with E-state index < -0.39 is 34.2 Å². The number of carbonyl (C=O) groups excluding carboxylic acids is 1. The molecule has 1 N–H and O–H groups in total. The summed E-state index contributed by atoms with van der Waals surface area (Å²) in [4.78, 5) is 22.5. The number of carbonyl (C=O) groups is 1. The van der Waals surface area contributed by atoms with Gasteiger partial charge in [0.1, 0.15) is 5.69 Å². The summed E-state index contributed by atoms with van der Waals surface area (Å²) < 4.78 is 24.5. The SMILES string of the molecule is O=Cc1nc(C(F)F)c([N+](=O)[O-])cc1O. The van der Waals surface area contributed by atoms with Crippen LogP contribution in [0.15, 0.2) is 6.07 Å².